The van der Waals surface area contributed by atoms with E-state index in [9.17, 15) is 21.6 Å². The molecule has 12 nitrogen and oxygen atoms in total. The monoisotopic (exact) mass is 689 g/mol. The van der Waals surface area contributed by atoms with Crippen LogP contribution in [0.15, 0.2) is 58.2 Å². The normalized spacial score (nSPS) is 20.7. The molecule has 2 aliphatic heterocycles. The third-order valence-corrected chi connectivity index (χ3v) is 13.6. The van der Waals surface area contributed by atoms with Crippen molar-refractivity contribution in [3.8, 4) is 10.4 Å². The number of halogens is 1. The lowest BCUT2D eigenvalue weighted by Gasteiger charge is -2.38. The molecular weight excluding hydrogens is 658 g/mol. The zero-order valence-corrected chi connectivity index (χ0v) is 27.1. The molecule has 2 fully saturated rings. The molecule has 5 rings (SSSR count). The van der Waals surface area contributed by atoms with Crippen LogP contribution in [0.25, 0.3) is 10.4 Å². The van der Waals surface area contributed by atoms with E-state index in [1.807, 2.05) is 0 Å². The molecule has 43 heavy (non-hydrogen) atoms. The van der Waals surface area contributed by atoms with Gasteiger partial charge in [0, 0.05) is 60.7 Å². The fraction of sp³-hybridized carbons (Fsp3) is 0.462. The minimum absolute atomic E-state index is 0.0399. The highest BCUT2D eigenvalue weighted by molar-refractivity contribution is 7.99. The second kappa shape index (κ2) is 14.4. The second-order valence-electron chi connectivity index (χ2n) is 9.91. The molecule has 4 heterocycles. The number of thiophene rings is 1. The maximum Gasteiger partial charge on any atom is 0.263 e. The molecule has 0 radical (unpaired) electrons. The molecule has 17 heteroatoms. The van der Waals surface area contributed by atoms with Crippen LogP contribution in [0.4, 0.5) is 0 Å². The first kappa shape index (κ1) is 32.4. The van der Waals surface area contributed by atoms with Crippen molar-refractivity contribution < 1.29 is 31.2 Å². The van der Waals surface area contributed by atoms with Crippen molar-refractivity contribution in [3.63, 3.8) is 0 Å². The summed E-state index contributed by atoms with van der Waals surface area (Å²) in [5.74, 6) is -0.390. The van der Waals surface area contributed by atoms with Crippen molar-refractivity contribution in [3.05, 3.63) is 53.8 Å². The Morgan fingerprint density at radius 3 is 2.70 bits per heavy atom. The van der Waals surface area contributed by atoms with Gasteiger partial charge in [-0.2, -0.15) is 8.61 Å². The fourth-order valence-electron chi connectivity index (χ4n) is 4.70. The first-order valence-electron chi connectivity index (χ1n) is 13.7. The van der Waals surface area contributed by atoms with E-state index in [1.54, 1.807) is 42.7 Å². The van der Waals surface area contributed by atoms with Gasteiger partial charge in [0.25, 0.3) is 15.9 Å². The van der Waals surface area contributed by atoms with E-state index in [0.717, 1.165) is 34.0 Å². The standard InChI is InChI=1S/C26H32ClN5O7S4/c27-20-7-5-19(6-8-20)22-9-10-24(41-22)43(36,37)32-14-13-31(42(34,35)17-3-16-40-26-28-11-12-29-26)18-21(32)25(33)30-39-23-4-1-2-15-38-23/h5-12,21,23H,1-4,13-18H2,(H,28,29)(H,30,33)/t21-,23?/m1/s1. The Hall–Kier alpha value is -2.02. The highest BCUT2D eigenvalue weighted by atomic mass is 35.5. The lowest BCUT2D eigenvalue weighted by molar-refractivity contribution is -0.202. The molecule has 2 saturated heterocycles. The number of nitrogens with one attached hydrogen (secondary N) is 2. The molecule has 3 aromatic rings. The van der Waals surface area contributed by atoms with Crippen molar-refractivity contribution in [2.24, 2.45) is 0 Å². The van der Waals surface area contributed by atoms with Crippen molar-refractivity contribution in [2.75, 3.05) is 37.7 Å². The molecule has 2 N–H and O–H groups in total. The van der Waals surface area contributed by atoms with Crippen LogP contribution in [-0.4, -0.2) is 91.4 Å². The maximum atomic E-state index is 13.9. The van der Waals surface area contributed by atoms with Crippen molar-refractivity contribution in [2.45, 2.75) is 47.4 Å². The minimum atomic E-state index is -4.17. The quantitative estimate of drug-likeness (QED) is 0.165. The Balaban J connectivity index is 1.31. The van der Waals surface area contributed by atoms with Crippen LogP contribution in [0.3, 0.4) is 0 Å². The largest absolute Gasteiger partial charge is 0.350 e. The van der Waals surface area contributed by atoms with E-state index >= 15 is 0 Å². The predicted molar refractivity (Wildman–Crippen MR) is 165 cm³/mol. The van der Waals surface area contributed by atoms with Gasteiger partial charge in [-0.25, -0.2) is 32.1 Å². The molecule has 2 atom stereocenters. The van der Waals surface area contributed by atoms with Crippen LogP contribution >= 0.6 is 34.7 Å². The Bertz CT molecular complexity index is 1580. The number of hydroxylamine groups is 1. The van der Waals surface area contributed by atoms with Gasteiger partial charge in [0.15, 0.2) is 11.4 Å². The Morgan fingerprint density at radius 1 is 1.16 bits per heavy atom. The number of thioether (sulfide) groups is 1. The molecule has 0 aliphatic carbocycles. The Morgan fingerprint density at radius 2 is 1.98 bits per heavy atom. The van der Waals surface area contributed by atoms with E-state index < -0.39 is 38.3 Å². The van der Waals surface area contributed by atoms with Gasteiger partial charge in [-0.15, -0.1) is 11.3 Å². The Kier molecular flexibility index (Phi) is 10.8. The van der Waals surface area contributed by atoms with Gasteiger partial charge in [-0.05, 0) is 49.1 Å². The second-order valence-corrected chi connectivity index (χ2v) is 16.7. The average molecular weight is 690 g/mol. The maximum absolute atomic E-state index is 13.9. The number of H-pyrrole nitrogens is 1. The average Bonchev–Trinajstić information content (AvgIpc) is 3.72. The van der Waals surface area contributed by atoms with Crippen molar-refractivity contribution in [1.82, 2.24) is 24.1 Å². The van der Waals surface area contributed by atoms with Crippen LogP contribution in [0.5, 0.6) is 0 Å². The van der Waals surface area contributed by atoms with Gasteiger partial charge in [0.1, 0.15) is 10.3 Å². The first-order valence-corrected chi connectivity index (χ1v) is 18.9. The molecule has 0 saturated carbocycles. The fourth-order valence-corrected chi connectivity index (χ4v) is 10.3. The lowest BCUT2D eigenvalue weighted by Crippen LogP contribution is -2.61. The molecule has 2 aromatic heterocycles. The van der Waals surface area contributed by atoms with Gasteiger partial charge >= 0.3 is 0 Å². The van der Waals surface area contributed by atoms with E-state index in [-0.39, 0.29) is 29.6 Å². The number of sulfonamides is 2. The SMILES string of the molecule is O=C(NOC1CCCCO1)[C@H]1CN(S(=O)(=O)CCCSc2ncc[nH]2)CCN1S(=O)(=O)c1ccc(-c2ccc(Cl)cc2)s1. The van der Waals surface area contributed by atoms with E-state index in [0.29, 0.717) is 40.3 Å². The molecule has 1 amide bonds. The summed E-state index contributed by atoms with van der Waals surface area (Å²) in [6.07, 6.45) is 5.33. The molecule has 0 bridgehead atoms. The Labute approximate surface area is 264 Å². The minimum Gasteiger partial charge on any atom is -0.350 e. The number of amides is 1. The van der Waals surface area contributed by atoms with E-state index in [1.165, 1.54) is 22.1 Å². The number of hydrogen-bond donors (Lipinski definition) is 2. The molecule has 2 aliphatic rings. The highest BCUT2D eigenvalue weighted by Gasteiger charge is 2.44. The summed E-state index contributed by atoms with van der Waals surface area (Å²) in [6, 6.07) is 8.86. The van der Waals surface area contributed by atoms with Gasteiger partial charge in [-0.1, -0.05) is 35.5 Å². The summed E-state index contributed by atoms with van der Waals surface area (Å²) >= 11 is 8.46. The number of piperazine rings is 1. The van der Waals surface area contributed by atoms with Crippen LogP contribution in [0, 0.1) is 0 Å². The number of ether oxygens (including phenoxy) is 1. The number of aromatic nitrogens is 2. The molecule has 1 aromatic carbocycles. The summed E-state index contributed by atoms with van der Waals surface area (Å²) in [5.41, 5.74) is 3.14. The molecule has 0 spiro atoms. The van der Waals surface area contributed by atoms with Crippen LogP contribution in [0.1, 0.15) is 25.7 Å². The van der Waals surface area contributed by atoms with Gasteiger partial charge in [-0.3, -0.25) is 4.79 Å². The van der Waals surface area contributed by atoms with Gasteiger partial charge in [0.2, 0.25) is 10.0 Å². The predicted octanol–water partition coefficient (Wildman–Crippen LogP) is 3.55. The number of carbonyl (C=O) groups excluding carboxylic acids is 1. The third-order valence-electron chi connectivity index (χ3n) is 6.95. The topological polar surface area (TPSA) is 151 Å². The van der Waals surface area contributed by atoms with E-state index in [2.05, 4.69) is 15.4 Å². The van der Waals surface area contributed by atoms with Crippen molar-refractivity contribution in [1.29, 1.82) is 0 Å². The summed E-state index contributed by atoms with van der Waals surface area (Å²) < 4.78 is 62.1. The molecular formula is C26H32ClN5O7S4. The number of benzene rings is 1. The summed E-state index contributed by atoms with van der Waals surface area (Å²) in [6.45, 7) is -0.139. The molecule has 1 unspecified atom stereocenters. The van der Waals surface area contributed by atoms with Crippen LogP contribution < -0.4 is 5.48 Å². The number of nitrogens with zero attached hydrogens (tertiary/aromatic N) is 3. The van der Waals surface area contributed by atoms with Crippen LogP contribution in [-0.2, 0) is 34.4 Å². The zero-order valence-electron chi connectivity index (χ0n) is 23.1. The number of imidazole rings is 1. The molecule has 234 valence electrons. The van der Waals surface area contributed by atoms with E-state index in [4.69, 9.17) is 21.2 Å². The summed E-state index contributed by atoms with van der Waals surface area (Å²) in [4.78, 5) is 26.6. The van der Waals surface area contributed by atoms with Crippen LogP contribution in [0.2, 0.25) is 5.02 Å². The number of aromatic amines is 1. The number of carbonyl (C=O) groups is 1. The van der Waals surface area contributed by atoms with Gasteiger partial charge < -0.3 is 9.72 Å². The van der Waals surface area contributed by atoms with Gasteiger partial charge in [0.05, 0.1) is 5.75 Å². The lowest BCUT2D eigenvalue weighted by atomic mass is 10.2. The smallest absolute Gasteiger partial charge is 0.263 e. The number of rotatable bonds is 12. The number of hydrogen-bond acceptors (Lipinski definition) is 10. The summed E-state index contributed by atoms with van der Waals surface area (Å²) in [5, 5.41) is 1.26. The highest BCUT2D eigenvalue weighted by Crippen LogP contribution is 2.34. The summed E-state index contributed by atoms with van der Waals surface area (Å²) in [7, 11) is -7.95. The third kappa shape index (κ3) is 8.18. The first-order chi connectivity index (χ1) is 20.6. The van der Waals surface area contributed by atoms with Crippen molar-refractivity contribution >= 4 is 60.7 Å². The zero-order chi connectivity index (χ0) is 30.5.